The molecule has 0 bridgehead atoms. The highest BCUT2D eigenvalue weighted by atomic mass is 35.7. The minimum absolute atomic E-state index is 0.0281. The highest BCUT2D eigenvalue weighted by Crippen LogP contribution is 2.28. The summed E-state index contributed by atoms with van der Waals surface area (Å²) in [5, 5.41) is 2.85. The number of hydrogen-bond acceptors (Lipinski definition) is 4. The third kappa shape index (κ3) is 5.73. The lowest BCUT2D eigenvalue weighted by Gasteiger charge is -2.17. The largest absolute Gasteiger partial charge is 0.482 e. The molecule has 1 amide bonds. The average molecular weight is 354 g/mol. The van der Waals surface area contributed by atoms with Crippen LogP contribution in [0, 0.1) is 5.92 Å². The Balaban J connectivity index is 2.67. The first-order chi connectivity index (χ1) is 9.61. The molecular weight excluding hydrogens is 337 g/mol. The molecule has 1 N–H and O–H groups in total. The van der Waals surface area contributed by atoms with Gasteiger partial charge in [-0.3, -0.25) is 4.79 Å². The molecule has 8 heteroatoms. The number of benzene rings is 1. The second-order valence-corrected chi connectivity index (χ2v) is 7.89. The quantitative estimate of drug-likeness (QED) is 0.798. The number of nitrogens with one attached hydrogen (secondary N) is 1. The molecule has 1 aromatic rings. The van der Waals surface area contributed by atoms with Crippen LogP contribution in [-0.4, -0.2) is 27.0 Å². The number of hydrogen-bond donors (Lipinski definition) is 1. The SMILES string of the molecule is CC(C)C(C)NC(=O)COc1ccc(S(=O)(=O)Cl)cc1Cl. The van der Waals surface area contributed by atoms with Gasteiger partial charge in [0.15, 0.2) is 6.61 Å². The zero-order chi connectivity index (χ0) is 16.2. The van der Waals surface area contributed by atoms with Gasteiger partial charge in [0.2, 0.25) is 0 Å². The number of halogens is 2. The Bertz CT molecular complexity index is 617. The van der Waals surface area contributed by atoms with Crippen molar-refractivity contribution in [1.29, 1.82) is 0 Å². The molecular formula is C13H17Cl2NO4S. The van der Waals surface area contributed by atoms with E-state index in [1.807, 2.05) is 20.8 Å². The first kappa shape index (κ1) is 18.1. The Morgan fingerprint density at radius 1 is 1.33 bits per heavy atom. The highest BCUT2D eigenvalue weighted by Gasteiger charge is 2.15. The third-order valence-electron chi connectivity index (χ3n) is 2.93. The molecule has 0 aromatic heterocycles. The molecule has 1 unspecified atom stereocenters. The van der Waals surface area contributed by atoms with Gasteiger partial charge >= 0.3 is 0 Å². The summed E-state index contributed by atoms with van der Waals surface area (Å²) in [7, 11) is 1.36. The maximum Gasteiger partial charge on any atom is 0.261 e. The van der Waals surface area contributed by atoms with Gasteiger partial charge in [0, 0.05) is 16.7 Å². The van der Waals surface area contributed by atoms with E-state index in [9.17, 15) is 13.2 Å². The molecule has 0 aliphatic carbocycles. The molecule has 0 heterocycles. The maximum atomic E-state index is 11.7. The summed E-state index contributed by atoms with van der Waals surface area (Å²) in [6, 6.07) is 3.82. The van der Waals surface area contributed by atoms with Crippen LogP contribution in [0.2, 0.25) is 5.02 Å². The first-order valence-corrected chi connectivity index (χ1v) is 8.96. The standard InChI is InChI=1S/C13H17Cl2NO4S/c1-8(2)9(3)16-13(17)7-20-12-5-4-10(6-11(12)14)21(15,18)19/h4-6,8-9H,7H2,1-3H3,(H,16,17). The molecule has 1 atom stereocenters. The monoisotopic (exact) mass is 353 g/mol. The van der Waals surface area contributed by atoms with Crippen LogP contribution in [-0.2, 0) is 13.8 Å². The second kappa shape index (κ2) is 7.33. The lowest BCUT2D eigenvalue weighted by molar-refractivity contribution is -0.124. The Morgan fingerprint density at radius 2 is 1.95 bits per heavy atom. The van der Waals surface area contributed by atoms with Crippen molar-refractivity contribution in [3.8, 4) is 5.75 Å². The van der Waals surface area contributed by atoms with E-state index in [-0.39, 0.29) is 34.2 Å². The summed E-state index contributed by atoms with van der Waals surface area (Å²) < 4.78 is 27.6. The molecule has 0 aliphatic rings. The van der Waals surface area contributed by atoms with Gasteiger partial charge in [-0.25, -0.2) is 8.42 Å². The Hall–Kier alpha value is -0.980. The van der Waals surface area contributed by atoms with Crippen molar-refractivity contribution in [2.24, 2.45) is 5.92 Å². The predicted molar refractivity (Wildman–Crippen MR) is 82.4 cm³/mol. The smallest absolute Gasteiger partial charge is 0.261 e. The molecule has 118 valence electrons. The van der Waals surface area contributed by atoms with Crippen LogP contribution >= 0.6 is 22.3 Å². The molecule has 5 nitrogen and oxygen atoms in total. The molecule has 0 saturated carbocycles. The van der Waals surface area contributed by atoms with Gasteiger partial charge in [-0.2, -0.15) is 0 Å². The topological polar surface area (TPSA) is 72.5 Å². The van der Waals surface area contributed by atoms with Crippen molar-refractivity contribution >= 4 is 37.2 Å². The van der Waals surface area contributed by atoms with Crippen molar-refractivity contribution < 1.29 is 17.9 Å². The normalized spacial score (nSPS) is 13.0. The van der Waals surface area contributed by atoms with E-state index < -0.39 is 9.05 Å². The van der Waals surface area contributed by atoms with Crippen molar-refractivity contribution in [3.05, 3.63) is 23.2 Å². The lowest BCUT2D eigenvalue weighted by atomic mass is 10.1. The fourth-order valence-corrected chi connectivity index (χ4v) is 2.43. The summed E-state index contributed by atoms with van der Waals surface area (Å²) >= 11 is 5.90. The van der Waals surface area contributed by atoms with E-state index in [4.69, 9.17) is 27.0 Å². The van der Waals surface area contributed by atoms with Gasteiger partial charge in [-0.05, 0) is 31.0 Å². The van der Waals surface area contributed by atoms with Crippen LogP contribution in [0.5, 0.6) is 5.75 Å². The molecule has 0 aliphatic heterocycles. The van der Waals surface area contributed by atoms with Gasteiger partial charge < -0.3 is 10.1 Å². The number of ether oxygens (including phenoxy) is 1. The molecule has 0 fully saturated rings. The van der Waals surface area contributed by atoms with Crippen LogP contribution in [0.15, 0.2) is 23.1 Å². The van der Waals surface area contributed by atoms with Gasteiger partial charge in [-0.15, -0.1) is 0 Å². The van der Waals surface area contributed by atoms with E-state index >= 15 is 0 Å². The summed E-state index contributed by atoms with van der Waals surface area (Å²) in [6.45, 7) is 5.68. The highest BCUT2D eigenvalue weighted by molar-refractivity contribution is 8.13. The zero-order valence-electron chi connectivity index (χ0n) is 11.9. The van der Waals surface area contributed by atoms with Crippen molar-refractivity contribution in [1.82, 2.24) is 5.32 Å². The van der Waals surface area contributed by atoms with E-state index in [1.165, 1.54) is 18.2 Å². The molecule has 0 saturated heterocycles. The Morgan fingerprint density at radius 3 is 2.43 bits per heavy atom. The summed E-state index contributed by atoms with van der Waals surface area (Å²) in [6.07, 6.45) is 0. The van der Waals surface area contributed by atoms with E-state index in [2.05, 4.69) is 5.32 Å². The van der Waals surface area contributed by atoms with Crippen LogP contribution in [0.1, 0.15) is 20.8 Å². The number of amides is 1. The minimum Gasteiger partial charge on any atom is -0.482 e. The van der Waals surface area contributed by atoms with Gasteiger partial charge in [0.1, 0.15) is 5.75 Å². The summed E-state index contributed by atoms with van der Waals surface area (Å²) in [4.78, 5) is 11.5. The van der Waals surface area contributed by atoms with Crippen molar-refractivity contribution in [3.63, 3.8) is 0 Å². The van der Waals surface area contributed by atoms with Crippen molar-refractivity contribution in [2.45, 2.75) is 31.7 Å². The molecule has 1 rings (SSSR count). The van der Waals surface area contributed by atoms with Crippen LogP contribution in [0.4, 0.5) is 0 Å². The predicted octanol–water partition coefficient (Wildman–Crippen LogP) is 2.81. The van der Waals surface area contributed by atoms with E-state index in [0.717, 1.165) is 0 Å². The van der Waals surface area contributed by atoms with Gasteiger partial charge in [-0.1, -0.05) is 25.4 Å². The number of rotatable bonds is 6. The summed E-state index contributed by atoms with van der Waals surface area (Å²) in [5.74, 6) is 0.250. The van der Waals surface area contributed by atoms with Crippen LogP contribution in [0.3, 0.4) is 0 Å². The Labute approximate surface area is 134 Å². The fourth-order valence-electron chi connectivity index (χ4n) is 1.36. The van der Waals surface area contributed by atoms with Crippen molar-refractivity contribution in [2.75, 3.05) is 6.61 Å². The molecule has 0 spiro atoms. The van der Waals surface area contributed by atoms with Crippen LogP contribution < -0.4 is 10.1 Å². The van der Waals surface area contributed by atoms with Crippen LogP contribution in [0.25, 0.3) is 0 Å². The maximum absolute atomic E-state index is 11.7. The van der Waals surface area contributed by atoms with E-state index in [1.54, 1.807) is 0 Å². The Kier molecular flexibility index (Phi) is 6.31. The minimum atomic E-state index is -3.85. The first-order valence-electron chi connectivity index (χ1n) is 6.27. The zero-order valence-corrected chi connectivity index (χ0v) is 14.2. The lowest BCUT2D eigenvalue weighted by Crippen LogP contribution is -2.38. The van der Waals surface area contributed by atoms with E-state index in [0.29, 0.717) is 5.92 Å². The molecule has 0 radical (unpaired) electrons. The number of carbonyl (C=O) groups excluding carboxylic acids is 1. The second-order valence-electron chi connectivity index (χ2n) is 4.92. The molecule has 21 heavy (non-hydrogen) atoms. The van der Waals surface area contributed by atoms with Gasteiger partial charge in [0.25, 0.3) is 15.0 Å². The number of carbonyl (C=O) groups is 1. The molecule has 1 aromatic carbocycles. The fraction of sp³-hybridized carbons (Fsp3) is 0.462. The summed E-state index contributed by atoms with van der Waals surface area (Å²) in [5.41, 5.74) is 0. The third-order valence-corrected chi connectivity index (χ3v) is 4.58. The average Bonchev–Trinajstić information content (AvgIpc) is 2.35. The van der Waals surface area contributed by atoms with Gasteiger partial charge in [0.05, 0.1) is 9.92 Å².